The number of cyclic esters (lactones) is 2. The Morgan fingerprint density at radius 1 is 0.482 bits per heavy atom. The van der Waals surface area contributed by atoms with E-state index < -0.39 is 77.8 Å². The summed E-state index contributed by atoms with van der Waals surface area (Å²) in [6.07, 6.45) is 4.33. The number of ether oxygens (including phenoxy) is 10. The first kappa shape index (κ1) is 70.4. The third-order valence-corrected chi connectivity index (χ3v) is 11.8. The number of methoxy groups -OCH3 is 5. The van der Waals surface area contributed by atoms with Crippen LogP contribution in [0.5, 0.6) is 46.0 Å². The lowest BCUT2D eigenvalue weighted by Gasteiger charge is -2.17. The van der Waals surface area contributed by atoms with Gasteiger partial charge >= 0.3 is 23.9 Å². The van der Waals surface area contributed by atoms with Crippen molar-refractivity contribution in [3.8, 4) is 46.0 Å². The molecule has 4 aromatic rings. The molecule has 85 heavy (non-hydrogen) atoms. The van der Waals surface area contributed by atoms with Crippen molar-refractivity contribution < 1.29 is 122 Å². The molecule has 462 valence electrons. The fourth-order valence-electron chi connectivity index (χ4n) is 7.66. The van der Waals surface area contributed by atoms with E-state index >= 15 is 0 Å². The average Bonchev–Trinajstić information content (AvgIpc) is 3.47. The molecule has 25 heteroatoms. The molecule has 0 bridgehead atoms. The molecule has 0 saturated carbocycles. The lowest BCUT2D eigenvalue weighted by Crippen LogP contribution is -2.32. The minimum Gasteiger partial charge on any atom is -0.508 e. The minimum absolute atomic E-state index is 0.0250. The van der Waals surface area contributed by atoms with Gasteiger partial charge < -0.3 is 93.3 Å². The molecule has 2 aliphatic rings. The summed E-state index contributed by atoms with van der Waals surface area (Å²) in [5.74, 6) is -4.09. The topological polar surface area (TPSA) is 377 Å². The molecule has 0 unspecified atom stereocenters. The highest BCUT2D eigenvalue weighted by atomic mass is 16.7. The third kappa shape index (κ3) is 22.0. The number of aromatic hydroxyl groups is 5. The Bertz CT molecular complexity index is 3030. The van der Waals surface area contributed by atoms with Crippen LogP contribution in [0.25, 0.3) is 12.2 Å². The van der Waals surface area contributed by atoms with Crippen LogP contribution in [-0.2, 0) is 42.7 Å². The molecule has 6 atom stereocenters. The van der Waals surface area contributed by atoms with Crippen LogP contribution in [0, 0.1) is 13.8 Å². The van der Waals surface area contributed by atoms with E-state index in [1.807, 2.05) is 0 Å². The maximum absolute atomic E-state index is 12.6. The van der Waals surface area contributed by atoms with Crippen LogP contribution in [0.4, 0.5) is 0 Å². The van der Waals surface area contributed by atoms with E-state index in [4.69, 9.17) is 47.7 Å². The Hall–Kier alpha value is -8.82. The normalized spacial score (nSPS) is 20.4. The number of phenols is 5. The van der Waals surface area contributed by atoms with Gasteiger partial charge in [0.15, 0.2) is 31.9 Å². The summed E-state index contributed by atoms with van der Waals surface area (Å²) in [6, 6.07) is 10.9. The molecule has 0 saturated heterocycles. The van der Waals surface area contributed by atoms with Crippen LogP contribution in [0.1, 0.15) is 103 Å². The van der Waals surface area contributed by atoms with Crippen LogP contribution in [0.3, 0.4) is 0 Å². The first-order valence-corrected chi connectivity index (χ1v) is 25.8. The summed E-state index contributed by atoms with van der Waals surface area (Å²) >= 11 is 0. The maximum atomic E-state index is 12.6. The van der Waals surface area contributed by atoms with Crippen molar-refractivity contribution in [3.05, 3.63) is 129 Å². The van der Waals surface area contributed by atoms with E-state index in [1.165, 1.54) is 96.3 Å². The molecule has 0 spiro atoms. The fourth-order valence-corrected chi connectivity index (χ4v) is 7.66. The fraction of sp³-hybridized carbons (Fsp3) is 0.367. The zero-order chi connectivity index (χ0) is 63.5. The molecule has 2 aliphatic heterocycles. The quantitative estimate of drug-likeness (QED) is 0.0486. The van der Waals surface area contributed by atoms with E-state index in [9.17, 15) is 69.6 Å². The first-order valence-electron chi connectivity index (χ1n) is 25.8. The van der Waals surface area contributed by atoms with E-state index in [-0.39, 0.29) is 97.1 Å². The number of aliphatic hydroxyl groups is 4. The van der Waals surface area contributed by atoms with Crippen molar-refractivity contribution in [2.24, 2.45) is 0 Å². The van der Waals surface area contributed by atoms with Crippen LogP contribution in [-0.4, -0.2) is 174 Å². The lowest BCUT2D eigenvalue weighted by molar-refractivity contribution is -0.128. The van der Waals surface area contributed by atoms with Crippen LogP contribution < -0.4 is 14.2 Å². The first-order chi connectivity index (χ1) is 40.3. The van der Waals surface area contributed by atoms with Gasteiger partial charge in [-0.3, -0.25) is 9.59 Å². The molecule has 0 radical (unpaired) electrons. The number of hydrogen-bond acceptors (Lipinski definition) is 25. The van der Waals surface area contributed by atoms with E-state index in [1.54, 1.807) is 39.8 Å². The highest BCUT2D eigenvalue weighted by Crippen LogP contribution is 2.33. The largest absolute Gasteiger partial charge is 0.508 e. The number of carbonyl (C=O) groups excluding carboxylic acids is 6. The second kappa shape index (κ2) is 35.3. The second-order valence-electron chi connectivity index (χ2n) is 18.6. The van der Waals surface area contributed by atoms with Gasteiger partial charge in [0.25, 0.3) is 0 Å². The minimum atomic E-state index is -1.57. The zero-order valence-corrected chi connectivity index (χ0v) is 48.2. The van der Waals surface area contributed by atoms with Gasteiger partial charge in [-0.2, -0.15) is 0 Å². The maximum Gasteiger partial charge on any atom is 0.342 e. The number of benzene rings is 4. The summed E-state index contributed by atoms with van der Waals surface area (Å²) < 4.78 is 50.3. The Morgan fingerprint density at radius 2 is 0.882 bits per heavy atom. The Morgan fingerprint density at radius 3 is 1.35 bits per heavy atom. The lowest BCUT2D eigenvalue weighted by atomic mass is 10.0. The molecule has 0 fully saturated rings. The number of phenolic OH excluding ortho intramolecular Hbond substituents is 5. The number of rotatable bonds is 11. The second-order valence-corrected chi connectivity index (χ2v) is 18.6. The Balaban J connectivity index is 0.000000307. The SMILES string of the molecule is COC(=O)c1c(C)cc(O)cc1O.COCOc1cc(C)c(C(=O)OC)c(OCOC)c1.COCOc1cc(O)c2c(c1)/C=C/C[C@H](O)[C@H](O)C(=O)/C=C\C[C@H](C)OC2=O.C[C@H]1C/C=C\C(=O)[C@@H](O)[C@@H](O)C/C=C/c2cc(O)cc(O)c2C(=O)O1. The molecule has 0 amide bonds. The van der Waals surface area contributed by atoms with Gasteiger partial charge in [0.1, 0.15) is 92.7 Å². The van der Waals surface area contributed by atoms with Gasteiger partial charge in [-0.25, -0.2) is 19.2 Å². The summed E-state index contributed by atoms with van der Waals surface area (Å²) in [5, 5.41) is 87.9. The van der Waals surface area contributed by atoms with Crippen LogP contribution >= 0.6 is 0 Å². The smallest absolute Gasteiger partial charge is 0.342 e. The van der Waals surface area contributed by atoms with Gasteiger partial charge in [-0.1, -0.05) is 36.5 Å². The molecule has 25 nitrogen and oxygen atoms in total. The molecule has 0 aromatic heterocycles. The standard InChI is InChI=1S/C20H24O8.C18H20O7.C13H18O6.C9H10O4/c1-12-5-3-7-15(21)19(24)16(22)8-4-6-13-9-14(27-11-26-2)10-17(23)18(13)20(25)28-12;1-10-4-2-6-13(20)17(23)14(21)7-3-5-11-8-12(19)9-15(22)16(11)18(24)25-10;1-9-5-10(18-7-15-2)6-11(19-8-16-3)12(9)13(14)17-4;1-5-3-6(10)4-7(11)8(5)9(12)13-2/h3-4,6-7,9-10,12,16,19,22-24H,5,8,11H2,1-2H3;2-3,5-6,8-10,14,17,19,21-23H,4,7H2,1H3;5-6H,7-8H2,1-4H3;3-4,10-11H,1-2H3/b6-4+,7-3-;5-3+,6-2-;;/t12-,16-,19+;10-,14-,17+;;/m00../s1. The van der Waals surface area contributed by atoms with E-state index in [0.29, 0.717) is 33.8 Å². The van der Waals surface area contributed by atoms with Gasteiger partial charge in [-0.15, -0.1) is 0 Å². The van der Waals surface area contributed by atoms with Gasteiger partial charge in [-0.05, 0) is 99.2 Å². The predicted molar refractivity (Wildman–Crippen MR) is 302 cm³/mol. The summed E-state index contributed by atoms with van der Waals surface area (Å²) in [5.41, 5.74) is 1.91. The average molecular weight is 1190 g/mol. The van der Waals surface area contributed by atoms with Crippen LogP contribution in [0.15, 0.2) is 85.0 Å². The molecule has 9 N–H and O–H groups in total. The molecule has 4 aromatic carbocycles. The van der Waals surface area contributed by atoms with E-state index in [0.717, 1.165) is 24.3 Å². The molecule has 6 rings (SSSR count). The zero-order valence-electron chi connectivity index (χ0n) is 48.2. The molecule has 0 aliphatic carbocycles. The van der Waals surface area contributed by atoms with Crippen molar-refractivity contribution in [2.75, 3.05) is 55.9 Å². The summed E-state index contributed by atoms with van der Waals surface area (Å²) in [4.78, 5) is 71.3. The highest BCUT2D eigenvalue weighted by Gasteiger charge is 2.26. The Kier molecular flexibility index (Phi) is 29.3. The number of esters is 4. The van der Waals surface area contributed by atoms with Gasteiger partial charge in [0.2, 0.25) is 0 Å². The van der Waals surface area contributed by atoms with Crippen LogP contribution in [0.2, 0.25) is 0 Å². The van der Waals surface area contributed by atoms with Crippen molar-refractivity contribution >= 4 is 47.6 Å². The van der Waals surface area contributed by atoms with Gasteiger partial charge in [0.05, 0.1) is 26.4 Å². The number of fused-ring (bicyclic) bond motifs is 2. The molecule has 2 heterocycles. The summed E-state index contributed by atoms with van der Waals surface area (Å²) in [7, 11) is 7.01. The van der Waals surface area contributed by atoms with Crippen molar-refractivity contribution in [1.82, 2.24) is 0 Å². The molecular weight excluding hydrogens is 1120 g/mol. The van der Waals surface area contributed by atoms with Gasteiger partial charge in [0, 0.05) is 58.4 Å². The predicted octanol–water partition coefficient (Wildman–Crippen LogP) is 5.81. The number of ketones is 2. The summed E-state index contributed by atoms with van der Waals surface area (Å²) in [6.45, 7) is 6.70. The van der Waals surface area contributed by atoms with Crippen molar-refractivity contribution in [2.45, 2.75) is 90.0 Å². The highest BCUT2D eigenvalue weighted by molar-refractivity contribution is 5.99. The number of carbonyl (C=O) groups is 6. The molecular formula is C60H72O25. The number of aryl methyl sites for hydroxylation is 2. The monoisotopic (exact) mass is 1190 g/mol. The van der Waals surface area contributed by atoms with Crippen molar-refractivity contribution in [3.63, 3.8) is 0 Å². The van der Waals surface area contributed by atoms with Crippen molar-refractivity contribution in [1.29, 1.82) is 0 Å². The number of aliphatic hydroxyl groups excluding tert-OH is 4. The Labute approximate surface area is 489 Å². The third-order valence-electron chi connectivity index (χ3n) is 11.8. The number of hydrogen-bond donors (Lipinski definition) is 9. The van der Waals surface area contributed by atoms with E-state index in [2.05, 4.69) is 4.74 Å².